The highest BCUT2D eigenvalue weighted by molar-refractivity contribution is 5.95. The number of amides is 4. The van der Waals surface area contributed by atoms with Gasteiger partial charge in [-0.25, -0.2) is 0 Å². The molecule has 4 amide bonds. The van der Waals surface area contributed by atoms with Crippen molar-refractivity contribution < 1.29 is 44.1 Å². The first-order valence-corrected chi connectivity index (χ1v) is 8.39. The fourth-order valence-electron chi connectivity index (χ4n) is 1.98. The lowest BCUT2D eigenvalue weighted by atomic mass is 10.1. The van der Waals surface area contributed by atoms with E-state index in [-0.39, 0.29) is 12.8 Å². The number of carbonyl (C=O) groups is 6. The summed E-state index contributed by atoms with van der Waals surface area (Å²) in [7, 11) is 0. The van der Waals surface area contributed by atoms with E-state index in [4.69, 9.17) is 21.7 Å². The summed E-state index contributed by atoms with van der Waals surface area (Å²) < 4.78 is 0. The molecular weight excluding hydrogens is 394 g/mol. The lowest BCUT2D eigenvalue weighted by Crippen LogP contribution is -2.57. The molecule has 0 aliphatic carbocycles. The fraction of sp³-hybridized carbons (Fsp3) is 0.600. The highest BCUT2D eigenvalue weighted by Gasteiger charge is 2.30. The van der Waals surface area contributed by atoms with Gasteiger partial charge in [-0.3, -0.25) is 28.8 Å². The van der Waals surface area contributed by atoms with Crippen LogP contribution in [-0.2, 0) is 28.8 Å². The van der Waals surface area contributed by atoms with Gasteiger partial charge in [-0.15, -0.1) is 0 Å². The number of aliphatic carboxylic acids is 2. The maximum Gasteiger partial charge on any atom is 0.322 e. The van der Waals surface area contributed by atoms with E-state index in [0.29, 0.717) is 0 Å². The van der Waals surface area contributed by atoms with E-state index in [2.05, 4.69) is 10.6 Å². The Kier molecular flexibility index (Phi) is 10.9. The van der Waals surface area contributed by atoms with Gasteiger partial charge in [0, 0.05) is 6.42 Å². The maximum absolute atomic E-state index is 12.4. The second-order valence-corrected chi connectivity index (χ2v) is 6.10. The zero-order chi connectivity index (χ0) is 22.7. The third-order valence-corrected chi connectivity index (χ3v) is 3.56. The Morgan fingerprint density at radius 3 is 1.90 bits per heavy atom. The molecule has 164 valence electrons. The Hall–Kier alpha value is -3.26. The normalized spacial score (nSPS) is 14.6. The minimum absolute atomic E-state index is 0.298. The predicted molar refractivity (Wildman–Crippen MR) is 94.8 cm³/mol. The first-order chi connectivity index (χ1) is 13.3. The fourth-order valence-corrected chi connectivity index (χ4v) is 1.98. The highest BCUT2D eigenvalue weighted by Crippen LogP contribution is 2.02. The van der Waals surface area contributed by atoms with Crippen molar-refractivity contribution in [1.82, 2.24) is 16.0 Å². The van der Waals surface area contributed by atoms with Gasteiger partial charge in [0.1, 0.15) is 24.7 Å². The Morgan fingerprint density at radius 1 is 0.897 bits per heavy atom. The number of carbonyl (C=O) groups excluding carboxylic acids is 4. The van der Waals surface area contributed by atoms with Gasteiger partial charge in [0.05, 0.1) is 12.5 Å². The monoisotopic (exact) mass is 419 g/mol. The Morgan fingerprint density at radius 2 is 1.45 bits per heavy atom. The van der Waals surface area contributed by atoms with Crippen LogP contribution in [0.5, 0.6) is 0 Å². The summed E-state index contributed by atoms with van der Waals surface area (Å²) in [6.45, 7) is 0.448. The minimum atomic E-state index is -1.66. The largest absolute Gasteiger partial charge is 0.481 e. The average molecular weight is 419 g/mol. The summed E-state index contributed by atoms with van der Waals surface area (Å²) >= 11 is 0. The van der Waals surface area contributed by atoms with Gasteiger partial charge in [-0.2, -0.15) is 0 Å². The van der Waals surface area contributed by atoms with Crippen LogP contribution in [0.2, 0.25) is 0 Å². The second-order valence-electron chi connectivity index (χ2n) is 6.10. The summed E-state index contributed by atoms with van der Waals surface area (Å²) in [5, 5.41) is 33.1. The van der Waals surface area contributed by atoms with Crippen molar-refractivity contribution in [2.24, 2.45) is 11.5 Å². The van der Waals surface area contributed by atoms with Crippen LogP contribution in [0, 0.1) is 0 Å². The second kappa shape index (κ2) is 12.2. The molecule has 0 aromatic rings. The van der Waals surface area contributed by atoms with E-state index in [0.717, 1.165) is 0 Å². The number of carboxylic acids is 2. The molecule has 4 atom stereocenters. The number of nitrogens with two attached hydrogens (primary N) is 2. The van der Waals surface area contributed by atoms with Crippen molar-refractivity contribution in [3.8, 4) is 0 Å². The Labute approximate surface area is 165 Å². The first-order valence-electron chi connectivity index (χ1n) is 8.39. The standard InChI is InChI=1S/C15H25N5O9/c1-6(21)12(17)15(29)20-8(4-10(23)24)14(28)19-7(2-3-9(16)22)13(27)18-5-11(25)26/h6-8,12,21H,2-5,17H2,1H3,(H2,16,22)(H,18,27)(H,19,28)(H,20,29)(H,23,24)(H,25,26). The molecule has 0 fully saturated rings. The summed E-state index contributed by atoms with van der Waals surface area (Å²) in [4.78, 5) is 68.9. The summed E-state index contributed by atoms with van der Waals surface area (Å²) in [6.07, 6.45) is -2.79. The molecular formula is C15H25N5O9. The molecule has 0 bridgehead atoms. The van der Waals surface area contributed by atoms with Crippen LogP contribution in [0.15, 0.2) is 0 Å². The molecule has 0 aromatic carbocycles. The van der Waals surface area contributed by atoms with Crippen molar-refractivity contribution in [3.05, 3.63) is 0 Å². The van der Waals surface area contributed by atoms with E-state index in [1.54, 1.807) is 0 Å². The van der Waals surface area contributed by atoms with E-state index in [1.165, 1.54) is 6.92 Å². The third kappa shape index (κ3) is 10.6. The number of aliphatic hydroxyl groups is 1. The number of hydrogen-bond donors (Lipinski definition) is 8. The molecule has 0 aliphatic rings. The lowest BCUT2D eigenvalue weighted by Gasteiger charge is -2.23. The average Bonchev–Trinajstić information content (AvgIpc) is 2.60. The number of rotatable bonds is 13. The van der Waals surface area contributed by atoms with Crippen LogP contribution < -0.4 is 27.4 Å². The van der Waals surface area contributed by atoms with Gasteiger partial charge in [-0.1, -0.05) is 0 Å². The van der Waals surface area contributed by atoms with E-state index in [9.17, 15) is 33.9 Å². The van der Waals surface area contributed by atoms with Crippen LogP contribution in [-0.4, -0.2) is 81.7 Å². The van der Waals surface area contributed by atoms with Crippen molar-refractivity contribution in [3.63, 3.8) is 0 Å². The van der Waals surface area contributed by atoms with Gasteiger partial charge < -0.3 is 42.7 Å². The quantitative estimate of drug-likeness (QED) is 0.142. The smallest absolute Gasteiger partial charge is 0.322 e. The molecule has 0 aromatic heterocycles. The molecule has 10 N–H and O–H groups in total. The van der Waals surface area contributed by atoms with Gasteiger partial charge in [-0.05, 0) is 13.3 Å². The molecule has 14 heteroatoms. The number of carboxylic acid groups (broad SMARTS) is 2. The van der Waals surface area contributed by atoms with E-state index < -0.39 is 72.8 Å². The summed E-state index contributed by atoms with van der Waals surface area (Å²) in [5.74, 6) is -6.68. The first kappa shape index (κ1) is 25.7. The SMILES string of the molecule is CC(O)C(N)C(=O)NC(CC(=O)O)C(=O)NC(CCC(N)=O)C(=O)NCC(=O)O. The number of nitrogens with one attached hydrogen (secondary N) is 3. The molecule has 29 heavy (non-hydrogen) atoms. The molecule has 0 saturated carbocycles. The molecule has 14 nitrogen and oxygen atoms in total. The molecule has 0 heterocycles. The number of hydrogen-bond acceptors (Lipinski definition) is 8. The van der Waals surface area contributed by atoms with Crippen molar-refractivity contribution in [2.75, 3.05) is 6.54 Å². The van der Waals surface area contributed by atoms with Gasteiger partial charge in [0.15, 0.2) is 0 Å². The maximum atomic E-state index is 12.4. The molecule has 0 spiro atoms. The summed E-state index contributed by atoms with van der Waals surface area (Å²) in [6, 6.07) is -4.52. The number of primary amides is 1. The van der Waals surface area contributed by atoms with Crippen LogP contribution in [0.25, 0.3) is 0 Å². The van der Waals surface area contributed by atoms with Crippen LogP contribution in [0.4, 0.5) is 0 Å². The molecule has 0 rings (SSSR count). The molecule has 4 unspecified atom stereocenters. The van der Waals surface area contributed by atoms with Crippen LogP contribution in [0.3, 0.4) is 0 Å². The minimum Gasteiger partial charge on any atom is -0.481 e. The molecule has 0 radical (unpaired) electrons. The van der Waals surface area contributed by atoms with Crippen molar-refractivity contribution in [1.29, 1.82) is 0 Å². The zero-order valence-corrected chi connectivity index (χ0v) is 15.6. The Balaban J connectivity index is 5.32. The van der Waals surface area contributed by atoms with Gasteiger partial charge in [0.25, 0.3) is 0 Å². The predicted octanol–water partition coefficient (Wildman–Crippen LogP) is -4.39. The highest BCUT2D eigenvalue weighted by atomic mass is 16.4. The number of aliphatic hydroxyl groups excluding tert-OH is 1. The van der Waals surface area contributed by atoms with E-state index >= 15 is 0 Å². The van der Waals surface area contributed by atoms with Crippen molar-refractivity contribution >= 4 is 35.6 Å². The lowest BCUT2D eigenvalue weighted by molar-refractivity contribution is -0.142. The Bertz CT molecular complexity index is 652. The third-order valence-electron chi connectivity index (χ3n) is 3.56. The van der Waals surface area contributed by atoms with Crippen molar-refractivity contribution in [2.45, 2.75) is 50.4 Å². The van der Waals surface area contributed by atoms with Gasteiger partial charge >= 0.3 is 11.9 Å². The molecule has 0 saturated heterocycles. The van der Waals surface area contributed by atoms with E-state index in [1.807, 2.05) is 5.32 Å². The summed E-state index contributed by atoms with van der Waals surface area (Å²) in [5.41, 5.74) is 10.4. The van der Waals surface area contributed by atoms with Gasteiger partial charge in [0.2, 0.25) is 23.6 Å². The topological polar surface area (TPSA) is 251 Å². The van der Waals surface area contributed by atoms with Crippen LogP contribution in [0.1, 0.15) is 26.2 Å². The molecule has 0 aliphatic heterocycles. The van der Waals surface area contributed by atoms with Crippen LogP contribution >= 0.6 is 0 Å². The zero-order valence-electron chi connectivity index (χ0n) is 15.6.